The summed E-state index contributed by atoms with van der Waals surface area (Å²) < 4.78 is 45.5. The van der Waals surface area contributed by atoms with Crippen molar-refractivity contribution in [1.29, 1.82) is 0 Å². The summed E-state index contributed by atoms with van der Waals surface area (Å²) in [7, 11) is 1.48. The molecular formula is C26H31F3N6O2. The number of rotatable bonds is 5. The van der Waals surface area contributed by atoms with E-state index in [0.29, 0.717) is 52.5 Å². The Morgan fingerprint density at radius 2 is 1.84 bits per heavy atom. The number of hydrogen-bond donors (Lipinski definition) is 3. The first-order valence-corrected chi connectivity index (χ1v) is 12.0. The fraction of sp³-hybridized carbons (Fsp3) is 0.423. The Morgan fingerprint density at radius 3 is 2.46 bits per heavy atom. The number of halogens is 3. The molecule has 37 heavy (non-hydrogen) atoms. The van der Waals surface area contributed by atoms with E-state index in [4.69, 9.17) is 10.5 Å². The minimum atomic E-state index is -4.52. The van der Waals surface area contributed by atoms with Crippen molar-refractivity contribution in [3.8, 4) is 5.75 Å². The molecule has 3 aromatic rings. The number of nitrogens with one attached hydrogen (secondary N) is 2. The Hall–Kier alpha value is -3.60. The van der Waals surface area contributed by atoms with E-state index in [0.717, 1.165) is 12.1 Å². The van der Waals surface area contributed by atoms with Crippen molar-refractivity contribution >= 4 is 28.3 Å². The summed E-state index contributed by atoms with van der Waals surface area (Å²) in [6, 6.07) is 6.60. The highest BCUT2D eigenvalue weighted by Gasteiger charge is 2.32. The van der Waals surface area contributed by atoms with Crippen molar-refractivity contribution in [2.75, 3.05) is 31.2 Å². The normalized spacial score (nSPS) is 19.1. The van der Waals surface area contributed by atoms with Crippen molar-refractivity contribution in [3.63, 3.8) is 0 Å². The highest BCUT2D eigenvalue weighted by atomic mass is 19.4. The summed E-state index contributed by atoms with van der Waals surface area (Å²) in [5.41, 5.74) is 6.22. The van der Waals surface area contributed by atoms with Crippen LogP contribution in [0, 0.1) is 6.92 Å². The summed E-state index contributed by atoms with van der Waals surface area (Å²) in [5, 5.41) is 7.18. The van der Waals surface area contributed by atoms with Crippen LogP contribution in [0.5, 0.6) is 5.75 Å². The second-order valence-corrected chi connectivity index (χ2v) is 9.62. The van der Waals surface area contributed by atoms with Gasteiger partial charge in [-0.1, -0.05) is 0 Å². The lowest BCUT2D eigenvalue weighted by Gasteiger charge is -2.36. The Labute approximate surface area is 213 Å². The number of ether oxygens (including phenoxy) is 1. The minimum Gasteiger partial charge on any atom is -0.496 e. The van der Waals surface area contributed by atoms with E-state index in [1.54, 1.807) is 30.9 Å². The molecule has 4 rings (SSSR count). The number of amides is 1. The monoisotopic (exact) mass is 516 g/mol. The molecule has 2 heterocycles. The lowest BCUT2D eigenvalue weighted by molar-refractivity contribution is -0.137. The van der Waals surface area contributed by atoms with Gasteiger partial charge in [-0.2, -0.15) is 13.2 Å². The van der Waals surface area contributed by atoms with Gasteiger partial charge in [0.15, 0.2) is 0 Å². The van der Waals surface area contributed by atoms with E-state index >= 15 is 0 Å². The smallest absolute Gasteiger partial charge is 0.416 e. The number of alkyl halides is 3. The minimum absolute atomic E-state index is 0.0172. The summed E-state index contributed by atoms with van der Waals surface area (Å²) in [6.07, 6.45) is -4.52. The molecule has 1 aromatic heterocycles. The van der Waals surface area contributed by atoms with Crippen molar-refractivity contribution < 1.29 is 22.7 Å². The fourth-order valence-corrected chi connectivity index (χ4v) is 4.76. The molecule has 1 aliphatic rings. The lowest BCUT2D eigenvalue weighted by Crippen LogP contribution is -2.55. The first kappa shape index (κ1) is 26.5. The van der Waals surface area contributed by atoms with Gasteiger partial charge in [0.2, 0.25) is 0 Å². The average Bonchev–Trinajstić information content (AvgIpc) is 2.81. The van der Waals surface area contributed by atoms with E-state index < -0.39 is 17.8 Å². The summed E-state index contributed by atoms with van der Waals surface area (Å²) >= 11 is 0. The van der Waals surface area contributed by atoms with Crippen molar-refractivity contribution in [1.82, 2.24) is 20.2 Å². The van der Waals surface area contributed by atoms with E-state index in [2.05, 4.69) is 20.6 Å². The maximum atomic E-state index is 13.4. The first-order chi connectivity index (χ1) is 17.3. The van der Waals surface area contributed by atoms with Crippen LogP contribution in [0.3, 0.4) is 0 Å². The van der Waals surface area contributed by atoms with Gasteiger partial charge in [-0.3, -0.25) is 4.79 Å². The van der Waals surface area contributed by atoms with Crippen LogP contribution in [-0.2, 0) is 6.18 Å². The highest BCUT2D eigenvalue weighted by Crippen LogP contribution is 2.35. The van der Waals surface area contributed by atoms with Crippen molar-refractivity contribution in [3.05, 3.63) is 52.8 Å². The quantitative estimate of drug-likeness (QED) is 0.428. The summed E-state index contributed by atoms with van der Waals surface area (Å²) in [6.45, 7) is 8.63. The van der Waals surface area contributed by atoms with E-state index in [1.165, 1.54) is 13.2 Å². The van der Waals surface area contributed by atoms with E-state index in [9.17, 15) is 18.0 Å². The zero-order chi connectivity index (χ0) is 27.1. The molecule has 1 aliphatic heterocycles. The predicted octanol–water partition coefficient (Wildman–Crippen LogP) is 4.54. The molecular weight excluding hydrogens is 485 g/mol. The van der Waals surface area contributed by atoms with Gasteiger partial charge in [0.25, 0.3) is 5.91 Å². The average molecular weight is 517 g/mol. The van der Waals surface area contributed by atoms with Gasteiger partial charge in [0.05, 0.1) is 29.8 Å². The second-order valence-electron chi connectivity index (χ2n) is 9.62. The number of carbonyl (C=O) groups is 1. The van der Waals surface area contributed by atoms with Gasteiger partial charge in [-0.25, -0.2) is 9.97 Å². The Bertz CT molecular complexity index is 1320. The number of nitrogens with zero attached hydrogens (tertiary/aromatic N) is 3. The number of hydrogen-bond acceptors (Lipinski definition) is 7. The maximum Gasteiger partial charge on any atom is 0.416 e. The topological polar surface area (TPSA) is 105 Å². The number of nitrogens with two attached hydrogens (primary N) is 1. The van der Waals surface area contributed by atoms with Gasteiger partial charge >= 0.3 is 6.18 Å². The second kappa shape index (κ2) is 10.0. The number of methoxy groups -OCH3 is 1. The number of nitrogen functional groups attached to an aromatic ring is 1. The van der Waals surface area contributed by atoms with Crippen molar-refractivity contribution in [2.24, 2.45) is 0 Å². The van der Waals surface area contributed by atoms with E-state index in [1.807, 2.05) is 13.8 Å². The molecule has 0 saturated carbocycles. The van der Waals surface area contributed by atoms with Crippen LogP contribution >= 0.6 is 0 Å². The number of fused-ring (bicyclic) bond motifs is 1. The van der Waals surface area contributed by atoms with Crippen LogP contribution in [0.4, 0.5) is 24.7 Å². The molecule has 0 bridgehead atoms. The standard InChI is InChI=1S/C26H31F3N6O2/c1-13-11-35(12-14(2)31-13)25(36)21-9-22-20(10-23(21)37-5)24(34-16(4)33-22)32-15(3)17-6-18(26(27,28)29)8-19(30)7-17/h6-10,13-15,31H,11-12,30H2,1-5H3,(H,32,33,34)/t13-,14+,15-/m1/s1. The molecule has 2 aromatic carbocycles. The van der Waals surface area contributed by atoms with Crippen molar-refractivity contribution in [2.45, 2.75) is 52.0 Å². The van der Waals surface area contributed by atoms with Crippen LogP contribution in [0.2, 0.25) is 0 Å². The molecule has 0 aliphatic carbocycles. The third-order valence-electron chi connectivity index (χ3n) is 6.36. The van der Waals surface area contributed by atoms with E-state index in [-0.39, 0.29) is 23.7 Å². The first-order valence-electron chi connectivity index (χ1n) is 12.0. The zero-order valence-electron chi connectivity index (χ0n) is 21.4. The van der Waals surface area contributed by atoms with Crippen LogP contribution in [-0.4, -0.2) is 53.1 Å². The molecule has 1 amide bonds. The number of carbonyl (C=O) groups excluding carboxylic acids is 1. The molecule has 0 unspecified atom stereocenters. The molecule has 8 nitrogen and oxygen atoms in total. The number of aromatic nitrogens is 2. The lowest BCUT2D eigenvalue weighted by atomic mass is 10.0. The van der Waals surface area contributed by atoms with Crippen LogP contribution in [0.25, 0.3) is 10.9 Å². The molecule has 4 N–H and O–H groups in total. The molecule has 1 saturated heterocycles. The largest absolute Gasteiger partial charge is 0.496 e. The Kier molecular flexibility index (Phi) is 7.18. The molecule has 0 radical (unpaired) electrons. The van der Waals surface area contributed by atoms with Gasteiger partial charge in [0.1, 0.15) is 17.4 Å². The van der Waals surface area contributed by atoms with Crippen LogP contribution in [0.15, 0.2) is 30.3 Å². The molecule has 1 fully saturated rings. The van der Waals surface area contributed by atoms with Gasteiger partial charge in [0, 0.05) is 36.2 Å². The van der Waals surface area contributed by atoms with Crippen LogP contribution in [0.1, 0.15) is 54.1 Å². The highest BCUT2D eigenvalue weighted by molar-refractivity contribution is 6.03. The number of anilines is 2. The number of benzene rings is 2. The van der Waals surface area contributed by atoms with Crippen LogP contribution < -0.4 is 21.1 Å². The number of aryl methyl sites for hydroxylation is 1. The zero-order valence-corrected chi connectivity index (χ0v) is 21.4. The number of piperazine rings is 1. The SMILES string of the molecule is COc1cc2c(N[C@H](C)c3cc(N)cc(C(F)(F)F)c3)nc(C)nc2cc1C(=O)N1C[C@@H](C)N[C@@H](C)C1. The van der Waals surface area contributed by atoms with Gasteiger partial charge < -0.3 is 26.0 Å². The Morgan fingerprint density at radius 1 is 1.16 bits per heavy atom. The molecule has 11 heteroatoms. The van der Waals surface area contributed by atoms with Gasteiger partial charge in [-0.05, 0) is 63.6 Å². The molecule has 198 valence electrons. The van der Waals surface area contributed by atoms with Gasteiger partial charge in [-0.15, -0.1) is 0 Å². The predicted molar refractivity (Wildman–Crippen MR) is 137 cm³/mol. The maximum absolute atomic E-state index is 13.4. The fourth-order valence-electron chi connectivity index (χ4n) is 4.76. The molecule has 3 atom stereocenters. The molecule has 0 spiro atoms. The third-order valence-corrected chi connectivity index (χ3v) is 6.36. The Balaban J connectivity index is 1.71. The summed E-state index contributed by atoms with van der Waals surface area (Å²) in [5.74, 6) is 1.06. The third kappa shape index (κ3) is 5.71. The summed E-state index contributed by atoms with van der Waals surface area (Å²) in [4.78, 5) is 24.2.